The van der Waals surface area contributed by atoms with Crippen molar-refractivity contribution in [3.63, 3.8) is 0 Å². The Balaban J connectivity index is 1.97. The van der Waals surface area contributed by atoms with Gasteiger partial charge < -0.3 is 19.7 Å². The smallest absolute Gasteiger partial charge is 0.408 e. The molecule has 0 spiro atoms. The molecule has 6 nitrogen and oxygen atoms in total. The van der Waals surface area contributed by atoms with Crippen LogP contribution in [0.3, 0.4) is 0 Å². The standard InChI is InChI=1S/C18H25FN2O4/c1-12(20-17(23)25-18(2,3)4)16(22)21-9-10-24-15(11-21)13-7-5-6-8-14(13)19/h5-8,12,15H,9-11H2,1-4H3,(H,20,23)/t12-,15+/m1/s1. The molecule has 0 bridgehead atoms. The highest BCUT2D eigenvalue weighted by Crippen LogP contribution is 2.24. The van der Waals surface area contributed by atoms with Gasteiger partial charge >= 0.3 is 6.09 Å². The number of nitrogens with zero attached hydrogens (tertiary/aromatic N) is 1. The predicted octanol–water partition coefficient (Wildman–Crippen LogP) is 2.64. The molecule has 138 valence electrons. The quantitative estimate of drug-likeness (QED) is 0.908. The zero-order valence-corrected chi connectivity index (χ0v) is 15.0. The van der Waals surface area contributed by atoms with Crippen LogP contribution in [0.25, 0.3) is 0 Å². The summed E-state index contributed by atoms with van der Waals surface area (Å²) in [5.74, 6) is -0.614. The molecule has 2 amide bonds. The van der Waals surface area contributed by atoms with Crippen molar-refractivity contribution >= 4 is 12.0 Å². The van der Waals surface area contributed by atoms with Gasteiger partial charge in [0.2, 0.25) is 5.91 Å². The van der Waals surface area contributed by atoms with Crippen molar-refractivity contribution in [2.45, 2.75) is 45.4 Å². The summed E-state index contributed by atoms with van der Waals surface area (Å²) in [7, 11) is 0. The molecule has 0 unspecified atom stereocenters. The van der Waals surface area contributed by atoms with Crippen molar-refractivity contribution in [3.8, 4) is 0 Å². The summed E-state index contributed by atoms with van der Waals surface area (Å²) in [4.78, 5) is 25.9. The van der Waals surface area contributed by atoms with Crippen LogP contribution in [0.4, 0.5) is 9.18 Å². The Bertz CT molecular complexity index is 630. The van der Waals surface area contributed by atoms with Gasteiger partial charge in [0, 0.05) is 12.1 Å². The molecule has 1 N–H and O–H groups in total. The fourth-order valence-electron chi connectivity index (χ4n) is 2.59. The number of hydrogen-bond donors (Lipinski definition) is 1. The van der Waals surface area contributed by atoms with Gasteiger partial charge in [-0.3, -0.25) is 4.79 Å². The Morgan fingerprint density at radius 2 is 2.04 bits per heavy atom. The van der Waals surface area contributed by atoms with E-state index in [-0.39, 0.29) is 18.3 Å². The molecule has 1 aliphatic heterocycles. The summed E-state index contributed by atoms with van der Waals surface area (Å²) in [5, 5.41) is 2.53. The van der Waals surface area contributed by atoms with E-state index in [0.717, 1.165) is 0 Å². The maximum Gasteiger partial charge on any atom is 0.408 e. The molecule has 25 heavy (non-hydrogen) atoms. The van der Waals surface area contributed by atoms with E-state index in [1.165, 1.54) is 6.07 Å². The average molecular weight is 352 g/mol. The van der Waals surface area contributed by atoms with Crippen LogP contribution in [-0.2, 0) is 14.3 Å². The number of nitrogens with one attached hydrogen (secondary N) is 1. The molecule has 1 aromatic rings. The van der Waals surface area contributed by atoms with Crippen LogP contribution in [-0.4, -0.2) is 48.2 Å². The minimum Gasteiger partial charge on any atom is -0.444 e. The van der Waals surface area contributed by atoms with Crippen molar-refractivity contribution in [1.29, 1.82) is 0 Å². The van der Waals surface area contributed by atoms with E-state index in [0.29, 0.717) is 18.7 Å². The Kier molecular flexibility index (Phi) is 6.00. The third-order valence-electron chi connectivity index (χ3n) is 3.73. The Labute approximate surface area is 147 Å². The maximum atomic E-state index is 13.9. The van der Waals surface area contributed by atoms with Gasteiger partial charge in [-0.15, -0.1) is 0 Å². The number of benzene rings is 1. The fourth-order valence-corrected chi connectivity index (χ4v) is 2.59. The molecule has 1 aliphatic rings. The lowest BCUT2D eigenvalue weighted by Crippen LogP contribution is -2.51. The Hall–Kier alpha value is -2.15. The van der Waals surface area contributed by atoms with E-state index in [1.807, 2.05) is 0 Å². The van der Waals surface area contributed by atoms with Crippen molar-refractivity contribution < 1.29 is 23.5 Å². The van der Waals surface area contributed by atoms with E-state index in [4.69, 9.17) is 9.47 Å². The summed E-state index contributed by atoms with van der Waals surface area (Å²) in [6.07, 6.45) is -1.17. The number of carbonyl (C=O) groups excluding carboxylic acids is 2. The minimum atomic E-state index is -0.741. The predicted molar refractivity (Wildman–Crippen MR) is 90.5 cm³/mol. The van der Waals surface area contributed by atoms with E-state index in [9.17, 15) is 14.0 Å². The zero-order chi connectivity index (χ0) is 18.6. The number of hydrogen-bond acceptors (Lipinski definition) is 4. The van der Waals surface area contributed by atoms with Crippen molar-refractivity contribution in [2.75, 3.05) is 19.7 Å². The largest absolute Gasteiger partial charge is 0.444 e. The summed E-state index contributed by atoms with van der Waals surface area (Å²) in [5.41, 5.74) is -0.213. The third-order valence-corrected chi connectivity index (χ3v) is 3.73. The molecule has 0 aromatic heterocycles. The second-order valence-corrected chi connectivity index (χ2v) is 7.03. The second-order valence-electron chi connectivity index (χ2n) is 7.03. The van der Waals surface area contributed by atoms with Crippen LogP contribution >= 0.6 is 0 Å². The van der Waals surface area contributed by atoms with Crippen LogP contribution in [0, 0.1) is 5.82 Å². The molecule has 0 saturated carbocycles. The van der Waals surface area contributed by atoms with Crippen LogP contribution in [0.2, 0.25) is 0 Å². The lowest BCUT2D eigenvalue weighted by atomic mass is 10.1. The van der Waals surface area contributed by atoms with E-state index >= 15 is 0 Å². The number of rotatable bonds is 3. The second kappa shape index (κ2) is 7.82. The molecule has 0 radical (unpaired) electrons. The van der Waals surface area contributed by atoms with Crippen LogP contribution < -0.4 is 5.32 Å². The summed E-state index contributed by atoms with van der Waals surface area (Å²) in [6, 6.07) is 5.61. The molecular formula is C18H25FN2O4. The number of halogens is 1. The van der Waals surface area contributed by atoms with Crippen molar-refractivity contribution in [2.24, 2.45) is 0 Å². The molecule has 2 rings (SSSR count). The highest BCUT2D eigenvalue weighted by atomic mass is 19.1. The highest BCUT2D eigenvalue weighted by Gasteiger charge is 2.30. The van der Waals surface area contributed by atoms with E-state index < -0.39 is 23.8 Å². The number of alkyl carbamates (subject to hydrolysis) is 1. The zero-order valence-electron chi connectivity index (χ0n) is 15.0. The van der Waals surface area contributed by atoms with Gasteiger partial charge in [-0.25, -0.2) is 9.18 Å². The molecule has 1 aromatic carbocycles. The Morgan fingerprint density at radius 3 is 2.68 bits per heavy atom. The molecule has 2 atom stereocenters. The monoisotopic (exact) mass is 352 g/mol. The van der Waals surface area contributed by atoms with Crippen molar-refractivity contribution in [1.82, 2.24) is 10.2 Å². The number of amides is 2. The maximum absolute atomic E-state index is 13.9. The van der Waals surface area contributed by atoms with Crippen molar-refractivity contribution in [3.05, 3.63) is 35.6 Å². The third kappa shape index (κ3) is 5.42. The molecule has 1 fully saturated rings. The molecule has 0 aliphatic carbocycles. The van der Waals surface area contributed by atoms with Crippen LogP contribution in [0.1, 0.15) is 39.4 Å². The Morgan fingerprint density at radius 1 is 1.36 bits per heavy atom. The molecule has 7 heteroatoms. The van der Waals surface area contributed by atoms with Gasteiger partial charge in [0.25, 0.3) is 0 Å². The van der Waals surface area contributed by atoms with Gasteiger partial charge in [0.15, 0.2) is 0 Å². The number of morpholine rings is 1. The van der Waals surface area contributed by atoms with Gasteiger partial charge in [-0.2, -0.15) is 0 Å². The SMILES string of the molecule is C[C@@H](NC(=O)OC(C)(C)C)C(=O)N1CCO[C@H](c2ccccc2F)C1. The molecular weight excluding hydrogens is 327 g/mol. The number of carbonyl (C=O) groups is 2. The van der Waals surface area contributed by atoms with Gasteiger partial charge in [0.05, 0.1) is 13.2 Å². The topological polar surface area (TPSA) is 67.9 Å². The lowest BCUT2D eigenvalue weighted by Gasteiger charge is -2.35. The van der Waals surface area contributed by atoms with Crippen LogP contribution in [0.15, 0.2) is 24.3 Å². The molecule has 1 heterocycles. The summed E-state index contributed by atoms with van der Waals surface area (Å²) in [6.45, 7) is 7.79. The summed E-state index contributed by atoms with van der Waals surface area (Å²) >= 11 is 0. The van der Waals surface area contributed by atoms with Crippen LogP contribution in [0.5, 0.6) is 0 Å². The van der Waals surface area contributed by atoms with Gasteiger partial charge in [-0.05, 0) is 33.8 Å². The number of ether oxygens (including phenoxy) is 2. The fraction of sp³-hybridized carbons (Fsp3) is 0.556. The average Bonchev–Trinajstić information content (AvgIpc) is 2.52. The van der Waals surface area contributed by atoms with Gasteiger partial charge in [-0.1, -0.05) is 18.2 Å². The summed E-state index contributed by atoms with van der Waals surface area (Å²) < 4.78 is 24.7. The normalized spacial score (nSPS) is 19.2. The van der Waals surface area contributed by atoms with E-state index in [2.05, 4.69) is 5.32 Å². The minimum absolute atomic E-state index is 0.236. The first-order chi connectivity index (χ1) is 11.7. The first kappa shape index (κ1) is 19.2. The van der Waals surface area contributed by atoms with E-state index in [1.54, 1.807) is 50.8 Å². The first-order valence-corrected chi connectivity index (χ1v) is 8.31. The van der Waals surface area contributed by atoms with Gasteiger partial charge in [0.1, 0.15) is 23.6 Å². The molecule has 1 saturated heterocycles. The highest BCUT2D eigenvalue weighted by molar-refractivity contribution is 5.85. The first-order valence-electron chi connectivity index (χ1n) is 8.31. The lowest BCUT2D eigenvalue weighted by molar-refractivity contribution is -0.141.